The number of aliphatic carboxylic acids is 1. The average Bonchev–Trinajstić information content (AvgIpc) is 2.49. The van der Waals surface area contributed by atoms with Crippen molar-refractivity contribution >= 4 is 22.8 Å². The highest BCUT2D eigenvalue weighted by Crippen LogP contribution is 2.20. The van der Waals surface area contributed by atoms with E-state index in [1.165, 1.54) is 12.1 Å². The van der Waals surface area contributed by atoms with Crippen LogP contribution in [-0.4, -0.2) is 30.1 Å². The van der Waals surface area contributed by atoms with Gasteiger partial charge in [0.2, 0.25) is 0 Å². The van der Waals surface area contributed by atoms with Gasteiger partial charge >= 0.3 is 11.6 Å². The summed E-state index contributed by atoms with van der Waals surface area (Å²) in [6.45, 7) is 3.85. The largest absolute Gasteiger partial charge is 0.482 e. The van der Waals surface area contributed by atoms with Crippen molar-refractivity contribution in [3.63, 3.8) is 0 Å². The first-order valence-corrected chi connectivity index (χ1v) is 7.07. The predicted octanol–water partition coefficient (Wildman–Crippen LogP) is 1.64. The van der Waals surface area contributed by atoms with Crippen LogP contribution in [0.25, 0.3) is 11.0 Å². The standard InChI is InChI=1S/C16H17NO6/c1-9(2)7-17-15(20)12-5-10-3-4-11(22-8-14(18)19)6-13(10)23-16(12)21/h3-6,9H,7-8H2,1-2H3,(H,17,20)(H,18,19). The lowest BCUT2D eigenvalue weighted by molar-refractivity contribution is -0.139. The minimum atomic E-state index is -1.11. The smallest absolute Gasteiger partial charge is 0.349 e. The number of carboxylic acids is 1. The van der Waals surface area contributed by atoms with Gasteiger partial charge in [-0.1, -0.05) is 13.8 Å². The van der Waals surface area contributed by atoms with Gasteiger partial charge in [-0.15, -0.1) is 0 Å². The number of ether oxygens (including phenoxy) is 1. The van der Waals surface area contributed by atoms with E-state index in [2.05, 4.69) is 5.32 Å². The van der Waals surface area contributed by atoms with Crippen molar-refractivity contribution in [1.29, 1.82) is 0 Å². The summed E-state index contributed by atoms with van der Waals surface area (Å²) in [4.78, 5) is 34.4. The normalized spacial score (nSPS) is 10.7. The number of carbonyl (C=O) groups is 2. The molecule has 23 heavy (non-hydrogen) atoms. The molecule has 0 unspecified atom stereocenters. The Labute approximate surface area is 131 Å². The molecule has 122 valence electrons. The van der Waals surface area contributed by atoms with Gasteiger partial charge in [0.25, 0.3) is 5.91 Å². The highest BCUT2D eigenvalue weighted by Gasteiger charge is 2.14. The summed E-state index contributed by atoms with van der Waals surface area (Å²) < 4.78 is 10.1. The maximum Gasteiger partial charge on any atom is 0.349 e. The third-order valence-electron chi connectivity index (χ3n) is 2.99. The Balaban J connectivity index is 2.28. The SMILES string of the molecule is CC(C)CNC(=O)c1cc2ccc(OCC(=O)O)cc2oc1=O. The molecule has 0 fully saturated rings. The molecule has 0 radical (unpaired) electrons. The highest BCUT2D eigenvalue weighted by molar-refractivity contribution is 5.96. The molecule has 0 saturated heterocycles. The predicted molar refractivity (Wildman–Crippen MR) is 82.8 cm³/mol. The van der Waals surface area contributed by atoms with Gasteiger partial charge in [-0.25, -0.2) is 9.59 Å². The molecule has 0 saturated carbocycles. The van der Waals surface area contributed by atoms with Crippen LogP contribution in [0.15, 0.2) is 33.5 Å². The second kappa shape index (κ2) is 6.95. The van der Waals surface area contributed by atoms with Gasteiger partial charge in [-0.3, -0.25) is 4.79 Å². The lowest BCUT2D eigenvalue weighted by Crippen LogP contribution is -2.31. The Kier molecular flexibility index (Phi) is 5.00. The lowest BCUT2D eigenvalue weighted by Gasteiger charge is -2.08. The molecular formula is C16H17NO6. The molecule has 2 rings (SSSR count). The molecule has 0 bridgehead atoms. The van der Waals surface area contributed by atoms with E-state index in [-0.39, 0.29) is 22.8 Å². The minimum Gasteiger partial charge on any atom is -0.482 e. The van der Waals surface area contributed by atoms with Gasteiger partial charge in [0.15, 0.2) is 6.61 Å². The van der Waals surface area contributed by atoms with Crippen LogP contribution in [0, 0.1) is 5.92 Å². The molecule has 1 aromatic carbocycles. The number of amides is 1. The summed E-state index contributed by atoms with van der Waals surface area (Å²) in [5.41, 5.74) is -0.607. The number of nitrogens with one attached hydrogen (secondary N) is 1. The minimum absolute atomic E-state index is 0.0719. The number of fused-ring (bicyclic) bond motifs is 1. The van der Waals surface area contributed by atoms with Crippen LogP contribution in [0.1, 0.15) is 24.2 Å². The molecule has 2 aromatic rings. The van der Waals surface area contributed by atoms with Gasteiger partial charge in [-0.05, 0) is 24.1 Å². The molecule has 0 atom stereocenters. The van der Waals surface area contributed by atoms with Gasteiger partial charge in [0, 0.05) is 18.0 Å². The Bertz CT molecular complexity index is 793. The monoisotopic (exact) mass is 319 g/mol. The van der Waals surface area contributed by atoms with Crippen LogP contribution < -0.4 is 15.7 Å². The summed E-state index contributed by atoms with van der Waals surface area (Å²) in [6, 6.07) is 5.99. The van der Waals surface area contributed by atoms with E-state index in [0.717, 1.165) is 0 Å². The van der Waals surface area contributed by atoms with Crippen molar-refractivity contribution in [1.82, 2.24) is 5.32 Å². The molecule has 7 heteroatoms. The van der Waals surface area contributed by atoms with Gasteiger partial charge in [0.05, 0.1) is 0 Å². The van der Waals surface area contributed by atoms with E-state index in [0.29, 0.717) is 11.9 Å². The fraction of sp³-hybridized carbons (Fsp3) is 0.312. The Morgan fingerprint density at radius 1 is 1.30 bits per heavy atom. The fourth-order valence-corrected chi connectivity index (χ4v) is 1.88. The number of benzene rings is 1. The topological polar surface area (TPSA) is 106 Å². The number of hydrogen-bond acceptors (Lipinski definition) is 5. The molecule has 0 aliphatic heterocycles. The maximum atomic E-state index is 12.0. The fourth-order valence-electron chi connectivity index (χ4n) is 1.88. The second-order valence-corrected chi connectivity index (χ2v) is 5.43. The van der Waals surface area contributed by atoms with Crippen LogP contribution in [0.3, 0.4) is 0 Å². The average molecular weight is 319 g/mol. The third kappa shape index (κ3) is 4.32. The molecule has 7 nitrogen and oxygen atoms in total. The number of carboxylic acid groups (broad SMARTS) is 1. The van der Waals surface area contributed by atoms with Crippen LogP contribution in [-0.2, 0) is 4.79 Å². The molecule has 0 spiro atoms. The summed E-state index contributed by atoms with van der Waals surface area (Å²) in [7, 11) is 0. The molecule has 0 aliphatic rings. The van der Waals surface area contributed by atoms with Crippen molar-refractivity contribution < 1.29 is 23.8 Å². The summed E-state index contributed by atoms with van der Waals surface area (Å²) >= 11 is 0. The lowest BCUT2D eigenvalue weighted by atomic mass is 10.1. The number of rotatable bonds is 6. The first-order chi connectivity index (χ1) is 10.9. The van der Waals surface area contributed by atoms with Crippen LogP contribution in [0.4, 0.5) is 0 Å². The molecule has 1 aromatic heterocycles. The van der Waals surface area contributed by atoms with E-state index in [1.54, 1.807) is 12.1 Å². The van der Waals surface area contributed by atoms with Crippen LogP contribution in [0.5, 0.6) is 5.75 Å². The summed E-state index contributed by atoms with van der Waals surface area (Å²) in [5.74, 6) is -1.07. The number of carbonyl (C=O) groups excluding carboxylic acids is 1. The van der Waals surface area contributed by atoms with E-state index in [9.17, 15) is 14.4 Å². The van der Waals surface area contributed by atoms with Crippen LogP contribution >= 0.6 is 0 Å². The molecule has 0 aliphatic carbocycles. The van der Waals surface area contributed by atoms with Crippen molar-refractivity contribution in [2.24, 2.45) is 5.92 Å². The Morgan fingerprint density at radius 2 is 2.04 bits per heavy atom. The first kappa shape index (κ1) is 16.5. The zero-order valence-electron chi connectivity index (χ0n) is 12.8. The third-order valence-corrected chi connectivity index (χ3v) is 2.99. The Hall–Kier alpha value is -2.83. The Morgan fingerprint density at radius 3 is 2.70 bits per heavy atom. The quantitative estimate of drug-likeness (QED) is 0.784. The van der Waals surface area contributed by atoms with Crippen LogP contribution in [0.2, 0.25) is 0 Å². The van der Waals surface area contributed by atoms with E-state index >= 15 is 0 Å². The van der Waals surface area contributed by atoms with Gasteiger partial charge in [-0.2, -0.15) is 0 Å². The van der Waals surface area contributed by atoms with Crippen molar-refractivity contribution in [3.05, 3.63) is 40.2 Å². The molecule has 1 heterocycles. The first-order valence-electron chi connectivity index (χ1n) is 7.07. The summed E-state index contributed by atoms with van der Waals surface area (Å²) in [6.07, 6.45) is 0. The highest BCUT2D eigenvalue weighted by atomic mass is 16.5. The zero-order valence-corrected chi connectivity index (χ0v) is 12.8. The van der Waals surface area contributed by atoms with Crippen molar-refractivity contribution in [2.45, 2.75) is 13.8 Å². The maximum absolute atomic E-state index is 12.0. The van der Waals surface area contributed by atoms with Gasteiger partial charge < -0.3 is 19.6 Å². The number of hydrogen-bond donors (Lipinski definition) is 2. The van der Waals surface area contributed by atoms with E-state index in [1.807, 2.05) is 13.8 Å². The van der Waals surface area contributed by atoms with Gasteiger partial charge in [0.1, 0.15) is 16.9 Å². The van der Waals surface area contributed by atoms with Crippen molar-refractivity contribution in [2.75, 3.05) is 13.2 Å². The van der Waals surface area contributed by atoms with E-state index in [4.69, 9.17) is 14.3 Å². The molecular weight excluding hydrogens is 302 g/mol. The molecule has 1 amide bonds. The van der Waals surface area contributed by atoms with Crippen molar-refractivity contribution in [3.8, 4) is 5.75 Å². The molecule has 2 N–H and O–H groups in total. The second-order valence-electron chi connectivity index (χ2n) is 5.43. The van der Waals surface area contributed by atoms with E-state index < -0.39 is 24.1 Å². The zero-order chi connectivity index (χ0) is 17.0. The summed E-state index contributed by atoms with van der Waals surface area (Å²) in [5, 5.41) is 11.8.